The maximum atomic E-state index is 12.1. The van der Waals surface area contributed by atoms with Crippen LogP contribution in [0.3, 0.4) is 0 Å². The minimum atomic E-state index is 0.346. The Hall–Kier alpha value is -0.570. The van der Waals surface area contributed by atoms with Gasteiger partial charge in [-0.2, -0.15) is 0 Å². The molecule has 3 aliphatic rings. The maximum Gasteiger partial charge on any atom is 0.223 e. The van der Waals surface area contributed by atoms with Gasteiger partial charge >= 0.3 is 0 Å². The first-order valence-corrected chi connectivity index (χ1v) is 6.84. The molecule has 90 valence electrons. The molecular weight excluding hydrogens is 200 g/mol. The van der Waals surface area contributed by atoms with Gasteiger partial charge in [0.1, 0.15) is 0 Å². The fraction of sp³-hybridized carbons (Fsp3) is 0.923. The van der Waals surface area contributed by atoms with Gasteiger partial charge in [0.15, 0.2) is 0 Å². The fourth-order valence-electron chi connectivity index (χ4n) is 3.41. The van der Waals surface area contributed by atoms with Crippen molar-refractivity contribution in [1.82, 2.24) is 10.6 Å². The van der Waals surface area contributed by atoms with Gasteiger partial charge in [-0.1, -0.05) is 0 Å². The van der Waals surface area contributed by atoms with Gasteiger partial charge < -0.3 is 10.6 Å². The zero-order chi connectivity index (χ0) is 11.0. The highest BCUT2D eigenvalue weighted by Gasteiger charge is 2.48. The van der Waals surface area contributed by atoms with Crippen LogP contribution in [0.15, 0.2) is 0 Å². The fourth-order valence-corrected chi connectivity index (χ4v) is 3.41. The van der Waals surface area contributed by atoms with Crippen molar-refractivity contribution in [3.63, 3.8) is 0 Å². The summed E-state index contributed by atoms with van der Waals surface area (Å²) in [6.45, 7) is 2.17. The molecule has 3 nitrogen and oxygen atoms in total. The Bertz CT molecular complexity index is 261. The summed E-state index contributed by atoms with van der Waals surface area (Å²) < 4.78 is 0. The summed E-state index contributed by atoms with van der Waals surface area (Å²) in [6, 6.07) is 0.430. The van der Waals surface area contributed by atoms with Gasteiger partial charge in [0.25, 0.3) is 0 Å². The first kappa shape index (κ1) is 10.6. The molecule has 0 spiro atoms. The third-order valence-electron chi connectivity index (χ3n) is 4.54. The van der Waals surface area contributed by atoms with E-state index in [9.17, 15) is 4.79 Å². The Morgan fingerprint density at radius 1 is 1.06 bits per heavy atom. The largest absolute Gasteiger partial charge is 0.353 e. The Labute approximate surface area is 97.4 Å². The van der Waals surface area contributed by atoms with Crippen molar-refractivity contribution < 1.29 is 4.79 Å². The number of nitrogens with one attached hydrogen (secondary N) is 2. The minimum absolute atomic E-state index is 0.346. The number of hydrogen-bond donors (Lipinski definition) is 2. The van der Waals surface area contributed by atoms with Crippen molar-refractivity contribution in [2.45, 2.75) is 44.6 Å². The van der Waals surface area contributed by atoms with Crippen LogP contribution < -0.4 is 10.6 Å². The topological polar surface area (TPSA) is 41.1 Å². The van der Waals surface area contributed by atoms with Crippen molar-refractivity contribution in [2.24, 2.45) is 17.8 Å². The molecule has 0 aromatic rings. The Morgan fingerprint density at radius 3 is 2.69 bits per heavy atom. The number of carbonyl (C=O) groups excluding carboxylic acids is 1. The highest BCUT2D eigenvalue weighted by Crippen LogP contribution is 2.54. The molecule has 1 amide bonds. The van der Waals surface area contributed by atoms with Gasteiger partial charge in [0, 0.05) is 12.0 Å². The van der Waals surface area contributed by atoms with E-state index in [1.807, 2.05) is 0 Å². The smallest absolute Gasteiger partial charge is 0.223 e. The molecule has 16 heavy (non-hydrogen) atoms. The molecule has 3 unspecified atom stereocenters. The van der Waals surface area contributed by atoms with Crippen LogP contribution in [0.5, 0.6) is 0 Å². The summed E-state index contributed by atoms with van der Waals surface area (Å²) in [5.41, 5.74) is 0. The predicted octanol–water partition coefficient (Wildman–Crippen LogP) is 1.29. The van der Waals surface area contributed by atoms with E-state index >= 15 is 0 Å². The lowest BCUT2D eigenvalue weighted by molar-refractivity contribution is -0.125. The lowest BCUT2D eigenvalue weighted by Crippen LogP contribution is -2.39. The van der Waals surface area contributed by atoms with Crippen LogP contribution in [0.25, 0.3) is 0 Å². The summed E-state index contributed by atoms with van der Waals surface area (Å²) in [7, 11) is 0. The van der Waals surface area contributed by atoms with E-state index in [1.165, 1.54) is 25.7 Å². The van der Waals surface area contributed by atoms with Crippen LogP contribution in [0, 0.1) is 17.8 Å². The van der Waals surface area contributed by atoms with E-state index in [-0.39, 0.29) is 0 Å². The van der Waals surface area contributed by atoms with E-state index < -0.39 is 0 Å². The Balaban J connectivity index is 1.47. The van der Waals surface area contributed by atoms with E-state index in [4.69, 9.17) is 0 Å². The van der Waals surface area contributed by atoms with Crippen LogP contribution >= 0.6 is 0 Å². The zero-order valence-corrected chi connectivity index (χ0v) is 9.87. The summed E-state index contributed by atoms with van der Waals surface area (Å²) in [5, 5.41) is 6.65. The molecule has 2 saturated carbocycles. The molecule has 3 heteroatoms. The number of rotatable bonds is 2. The normalized spacial score (nSPS) is 42.2. The maximum absolute atomic E-state index is 12.1. The van der Waals surface area contributed by atoms with Gasteiger partial charge in [0.2, 0.25) is 5.91 Å². The second-order valence-corrected chi connectivity index (χ2v) is 5.81. The van der Waals surface area contributed by atoms with E-state index in [2.05, 4.69) is 10.6 Å². The molecule has 0 aromatic carbocycles. The van der Waals surface area contributed by atoms with Crippen LogP contribution in [0.1, 0.15) is 38.5 Å². The SMILES string of the molecule is O=C(NC1CCCNCC1)C1CC2CC2C1. The van der Waals surface area contributed by atoms with Gasteiger partial charge in [0.05, 0.1) is 0 Å². The number of amides is 1. The molecule has 3 atom stereocenters. The quantitative estimate of drug-likeness (QED) is 0.739. The molecule has 3 rings (SSSR count). The number of fused-ring (bicyclic) bond motifs is 1. The highest BCUT2D eigenvalue weighted by molar-refractivity contribution is 5.79. The number of carbonyl (C=O) groups is 1. The van der Waals surface area contributed by atoms with Crippen LogP contribution in [0.4, 0.5) is 0 Å². The molecule has 1 heterocycles. The second kappa shape index (κ2) is 4.36. The second-order valence-electron chi connectivity index (χ2n) is 5.81. The molecule has 1 saturated heterocycles. The lowest BCUT2D eigenvalue weighted by Gasteiger charge is -2.19. The van der Waals surface area contributed by atoms with Crippen LogP contribution in [-0.2, 0) is 4.79 Å². The van der Waals surface area contributed by atoms with Gasteiger partial charge in [-0.3, -0.25) is 4.79 Å². The van der Waals surface area contributed by atoms with Crippen molar-refractivity contribution in [2.75, 3.05) is 13.1 Å². The monoisotopic (exact) mass is 222 g/mol. The van der Waals surface area contributed by atoms with Crippen molar-refractivity contribution in [1.29, 1.82) is 0 Å². The van der Waals surface area contributed by atoms with Crippen molar-refractivity contribution >= 4 is 5.91 Å². The van der Waals surface area contributed by atoms with E-state index in [1.54, 1.807) is 0 Å². The van der Waals surface area contributed by atoms with Crippen molar-refractivity contribution in [3.8, 4) is 0 Å². The molecule has 0 bridgehead atoms. The molecule has 2 N–H and O–H groups in total. The van der Waals surface area contributed by atoms with Gasteiger partial charge in [-0.15, -0.1) is 0 Å². The predicted molar refractivity (Wildman–Crippen MR) is 63.0 cm³/mol. The zero-order valence-electron chi connectivity index (χ0n) is 9.87. The molecule has 0 radical (unpaired) electrons. The van der Waals surface area contributed by atoms with Gasteiger partial charge in [-0.25, -0.2) is 0 Å². The standard InChI is InChI=1S/C13H22N2O/c16-13(11-7-9-6-10(9)8-11)15-12-2-1-4-14-5-3-12/h9-12,14H,1-8H2,(H,15,16). The molecule has 0 aromatic heterocycles. The van der Waals surface area contributed by atoms with Crippen LogP contribution in [0.2, 0.25) is 0 Å². The molecule has 2 aliphatic carbocycles. The van der Waals surface area contributed by atoms with E-state index in [0.717, 1.165) is 37.8 Å². The molecule has 3 fully saturated rings. The summed E-state index contributed by atoms with van der Waals surface area (Å²) in [5.74, 6) is 2.51. The number of hydrogen-bond acceptors (Lipinski definition) is 2. The van der Waals surface area contributed by atoms with Crippen LogP contribution in [-0.4, -0.2) is 25.0 Å². The van der Waals surface area contributed by atoms with E-state index in [0.29, 0.717) is 17.9 Å². The third kappa shape index (κ3) is 2.24. The summed E-state index contributed by atoms with van der Waals surface area (Å²) in [4.78, 5) is 12.1. The molecule has 1 aliphatic heterocycles. The third-order valence-corrected chi connectivity index (χ3v) is 4.54. The van der Waals surface area contributed by atoms with Crippen molar-refractivity contribution in [3.05, 3.63) is 0 Å². The Morgan fingerprint density at radius 2 is 1.88 bits per heavy atom. The Kier molecular flexibility index (Phi) is 2.88. The first-order chi connectivity index (χ1) is 7.83. The molecular formula is C13H22N2O. The average molecular weight is 222 g/mol. The lowest BCUT2D eigenvalue weighted by atomic mass is 10.0. The highest BCUT2D eigenvalue weighted by atomic mass is 16.1. The van der Waals surface area contributed by atoms with Gasteiger partial charge in [-0.05, 0) is 63.5 Å². The summed E-state index contributed by atoms with van der Waals surface area (Å²) in [6.07, 6.45) is 7.19. The summed E-state index contributed by atoms with van der Waals surface area (Å²) >= 11 is 0. The average Bonchev–Trinajstić information content (AvgIpc) is 2.97. The first-order valence-electron chi connectivity index (χ1n) is 6.84. The minimum Gasteiger partial charge on any atom is -0.353 e.